The molecule has 0 N–H and O–H groups in total. The minimum Gasteiger partial charge on any atom is -0.497 e. The summed E-state index contributed by atoms with van der Waals surface area (Å²) >= 11 is 7.73. The van der Waals surface area contributed by atoms with Gasteiger partial charge in [0.15, 0.2) is 5.16 Å². The van der Waals surface area contributed by atoms with Gasteiger partial charge in [-0.25, -0.2) is 4.98 Å². The Morgan fingerprint density at radius 2 is 1.96 bits per heavy atom. The minimum absolute atomic E-state index is 0.766. The van der Waals surface area contributed by atoms with Crippen LogP contribution >= 0.6 is 23.4 Å². The van der Waals surface area contributed by atoms with Crippen LogP contribution in [0.2, 0.25) is 5.02 Å². The van der Waals surface area contributed by atoms with Crippen molar-refractivity contribution in [3.63, 3.8) is 0 Å². The van der Waals surface area contributed by atoms with Crippen LogP contribution in [0.5, 0.6) is 5.75 Å². The highest BCUT2D eigenvalue weighted by atomic mass is 35.5. The molecule has 0 saturated heterocycles. The molecule has 0 aliphatic rings. The third-order valence-corrected chi connectivity index (χ3v) is 4.94. The molecule has 23 heavy (non-hydrogen) atoms. The largest absolute Gasteiger partial charge is 0.497 e. The lowest BCUT2D eigenvalue weighted by atomic mass is 10.1. The zero-order valence-electron chi connectivity index (χ0n) is 13.0. The van der Waals surface area contributed by atoms with Crippen LogP contribution in [0.25, 0.3) is 11.3 Å². The van der Waals surface area contributed by atoms with Crippen LogP contribution in [0.3, 0.4) is 0 Å². The number of hydrogen-bond donors (Lipinski definition) is 0. The van der Waals surface area contributed by atoms with Gasteiger partial charge < -0.3 is 9.30 Å². The SMILES string of the molecule is COc1ccc(-c2cnc(SCc3cccc(Cl)c3)n2C)cc1. The molecular formula is C18H17ClN2OS. The zero-order chi connectivity index (χ0) is 16.2. The molecule has 3 nitrogen and oxygen atoms in total. The first-order chi connectivity index (χ1) is 11.2. The summed E-state index contributed by atoms with van der Waals surface area (Å²) < 4.78 is 7.31. The van der Waals surface area contributed by atoms with Gasteiger partial charge in [0.25, 0.3) is 0 Å². The number of nitrogens with zero attached hydrogens (tertiary/aromatic N) is 2. The lowest BCUT2D eigenvalue weighted by Crippen LogP contribution is -1.94. The van der Waals surface area contributed by atoms with Crippen molar-refractivity contribution in [1.29, 1.82) is 0 Å². The normalized spacial score (nSPS) is 10.7. The number of rotatable bonds is 5. The van der Waals surface area contributed by atoms with Crippen molar-refractivity contribution in [3.05, 3.63) is 65.3 Å². The Hall–Kier alpha value is -1.91. The fraction of sp³-hybridized carbons (Fsp3) is 0.167. The summed E-state index contributed by atoms with van der Waals surface area (Å²) in [6.45, 7) is 0. The second kappa shape index (κ2) is 7.11. The summed E-state index contributed by atoms with van der Waals surface area (Å²) in [7, 11) is 3.70. The highest BCUT2D eigenvalue weighted by Gasteiger charge is 2.09. The molecule has 0 radical (unpaired) electrons. The van der Waals surface area contributed by atoms with Crippen molar-refractivity contribution >= 4 is 23.4 Å². The molecule has 0 unspecified atom stereocenters. The van der Waals surface area contributed by atoms with Crippen LogP contribution in [-0.2, 0) is 12.8 Å². The smallest absolute Gasteiger partial charge is 0.168 e. The van der Waals surface area contributed by atoms with Crippen LogP contribution in [0.1, 0.15) is 5.56 Å². The van der Waals surface area contributed by atoms with E-state index in [9.17, 15) is 0 Å². The van der Waals surface area contributed by atoms with Gasteiger partial charge in [0, 0.05) is 23.4 Å². The van der Waals surface area contributed by atoms with E-state index in [-0.39, 0.29) is 0 Å². The number of aromatic nitrogens is 2. The molecule has 0 amide bonds. The Balaban J connectivity index is 1.76. The van der Waals surface area contributed by atoms with Crippen LogP contribution in [0, 0.1) is 0 Å². The van der Waals surface area contributed by atoms with E-state index in [1.807, 2.05) is 55.7 Å². The molecule has 0 fully saturated rings. The van der Waals surface area contributed by atoms with Gasteiger partial charge in [0.1, 0.15) is 5.75 Å². The van der Waals surface area contributed by atoms with E-state index in [1.54, 1.807) is 18.9 Å². The van der Waals surface area contributed by atoms with Crippen molar-refractivity contribution in [1.82, 2.24) is 9.55 Å². The maximum atomic E-state index is 6.03. The second-order valence-corrected chi connectivity index (χ2v) is 6.51. The Morgan fingerprint density at radius 3 is 2.65 bits per heavy atom. The maximum Gasteiger partial charge on any atom is 0.168 e. The molecule has 3 aromatic rings. The second-order valence-electron chi connectivity index (χ2n) is 5.13. The monoisotopic (exact) mass is 344 g/mol. The van der Waals surface area contributed by atoms with Gasteiger partial charge in [-0.05, 0) is 42.0 Å². The molecular weight excluding hydrogens is 328 g/mol. The number of hydrogen-bond acceptors (Lipinski definition) is 3. The first-order valence-electron chi connectivity index (χ1n) is 7.21. The van der Waals surface area contributed by atoms with Crippen LogP contribution in [-0.4, -0.2) is 16.7 Å². The van der Waals surface area contributed by atoms with Crippen molar-refractivity contribution < 1.29 is 4.74 Å². The summed E-state index contributed by atoms with van der Waals surface area (Å²) in [6, 6.07) is 15.9. The van der Waals surface area contributed by atoms with Gasteiger partial charge >= 0.3 is 0 Å². The van der Waals surface area contributed by atoms with E-state index < -0.39 is 0 Å². The van der Waals surface area contributed by atoms with E-state index in [1.165, 1.54) is 5.56 Å². The highest BCUT2D eigenvalue weighted by molar-refractivity contribution is 7.98. The molecule has 118 valence electrons. The Kier molecular flexibility index (Phi) is 4.94. The molecule has 0 aliphatic carbocycles. The lowest BCUT2D eigenvalue weighted by Gasteiger charge is -2.07. The third kappa shape index (κ3) is 3.71. The maximum absolute atomic E-state index is 6.03. The van der Waals surface area contributed by atoms with Crippen molar-refractivity contribution in [2.45, 2.75) is 10.9 Å². The van der Waals surface area contributed by atoms with Crippen molar-refractivity contribution in [2.24, 2.45) is 7.05 Å². The average Bonchev–Trinajstić information content (AvgIpc) is 2.94. The van der Waals surface area contributed by atoms with Gasteiger partial charge in [-0.3, -0.25) is 0 Å². The predicted molar refractivity (Wildman–Crippen MR) is 96.2 cm³/mol. The fourth-order valence-electron chi connectivity index (χ4n) is 2.33. The number of ether oxygens (including phenoxy) is 1. The topological polar surface area (TPSA) is 27.1 Å². The molecule has 0 spiro atoms. The van der Waals surface area contributed by atoms with Crippen molar-refractivity contribution in [3.8, 4) is 17.0 Å². The van der Waals surface area contributed by atoms with Gasteiger partial charge in [0.2, 0.25) is 0 Å². The number of methoxy groups -OCH3 is 1. The summed E-state index contributed by atoms with van der Waals surface area (Å²) in [5, 5.41) is 1.75. The average molecular weight is 345 g/mol. The standard InChI is InChI=1S/C18H17ClN2OS/c1-21-17(14-6-8-16(22-2)9-7-14)11-20-18(21)23-12-13-4-3-5-15(19)10-13/h3-11H,12H2,1-2H3. The molecule has 0 saturated carbocycles. The Labute approximate surface area is 145 Å². The van der Waals surface area contributed by atoms with Crippen molar-refractivity contribution in [2.75, 3.05) is 7.11 Å². The molecule has 2 aromatic carbocycles. The van der Waals surface area contributed by atoms with E-state index >= 15 is 0 Å². The van der Waals surface area contributed by atoms with E-state index in [2.05, 4.69) is 15.6 Å². The summed E-state index contributed by atoms with van der Waals surface area (Å²) in [5.74, 6) is 1.69. The Bertz CT molecular complexity index is 799. The molecule has 0 atom stereocenters. The first-order valence-corrected chi connectivity index (χ1v) is 8.57. The van der Waals surface area contributed by atoms with Gasteiger partial charge in [-0.15, -0.1) is 0 Å². The molecule has 0 aliphatic heterocycles. The lowest BCUT2D eigenvalue weighted by molar-refractivity contribution is 0.415. The number of imidazole rings is 1. The zero-order valence-corrected chi connectivity index (χ0v) is 14.6. The van der Waals surface area contributed by atoms with Crippen LogP contribution in [0.15, 0.2) is 59.9 Å². The van der Waals surface area contributed by atoms with Gasteiger partial charge in [-0.1, -0.05) is 35.5 Å². The molecule has 0 bridgehead atoms. The van der Waals surface area contributed by atoms with Gasteiger partial charge in [-0.2, -0.15) is 0 Å². The number of benzene rings is 2. The van der Waals surface area contributed by atoms with E-state index in [0.717, 1.165) is 32.9 Å². The number of halogens is 1. The third-order valence-electron chi connectivity index (χ3n) is 3.59. The van der Waals surface area contributed by atoms with Gasteiger partial charge in [0.05, 0.1) is 19.0 Å². The highest BCUT2D eigenvalue weighted by Crippen LogP contribution is 2.28. The fourth-order valence-corrected chi connectivity index (χ4v) is 3.44. The van der Waals surface area contributed by atoms with E-state index in [4.69, 9.17) is 16.3 Å². The van der Waals surface area contributed by atoms with Crippen LogP contribution < -0.4 is 4.74 Å². The molecule has 5 heteroatoms. The predicted octanol–water partition coefficient (Wildman–Crippen LogP) is 5.04. The first kappa shape index (κ1) is 16.0. The summed E-state index contributed by atoms with van der Waals surface area (Å²) in [6.07, 6.45) is 1.90. The summed E-state index contributed by atoms with van der Waals surface area (Å²) in [5.41, 5.74) is 3.40. The Morgan fingerprint density at radius 1 is 1.17 bits per heavy atom. The number of thioether (sulfide) groups is 1. The summed E-state index contributed by atoms with van der Waals surface area (Å²) in [4.78, 5) is 4.53. The van der Waals surface area contributed by atoms with E-state index in [0.29, 0.717) is 0 Å². The molecule has 1 heterocycles. The van der Waals surface area contributed by atoms with Crippen LogP contribution in [0.4, 0.5) is 0 Å². The minimum atomic E-state index is 0.766. The quantitative estimate of drug-likeness (QED) is 0.606. The molecule has 1 aromatic heterocycles. The molecule has 3 rings (SSSR count).